The monoisotopic (exact) mass is 888 g/mol. The molecule has 2 aliphatic rings. The van der Waals surface area contributed by atoms with Gasteiger partial charge < -0.3 is 19.1 Å². The molecule has 336 valence electrons. The van der Waals surface area contributed by atoms with Gasteiger partial charge in [-0.1, -0.05) is 139 Å². The molecule has 0 spiro atoms. The number of benzene rings is 7. The van der Waals surface area contributed by atoms with Crippen molar-refractivity contribution >= 4 is 55.6 Å². The number of para-hydroxylation sites is 2. The predicted octanol–water partition coefficient (Wildman–Crippen LogP) is 15.8. The molecule has 12 rings (SSSR count). The Kier molecular flexibility index (Phi) is 9.84. The van der Waals surface area contributed by atoms with Crippen molar-refractivity contribution in [3.8, 4) is 39.6 Å². The average Bonchev–Trinajstić information content (AvgIpc) is 4.02. The first-order valence-electron chi connectivity index (χ1n) is 24.1. The second-order valence-electron chi connectivity index (χ2n) is 20.6. The van der Waals surface area contributed by atoms with Crippen LogP contribution >= 0.6 is 0 Å². The smallest absolute Gasteiger partial charge is 0.137 e. The van der Waals surface area contributed by atoms with E-state index in [0.717, 1.165) is 69.3 Å². The Morgan fingerprint density at radius 1 is 0.529 bits per heavy atom. The Bertz CT molecular complexity index is 3500. The summed E-state index contributed by atoms with van der Waals surface area (Å²) in [5.74, 6) is 3.63. The molecule has 0 unspecified atom stereocenters. The average molecular weight is 889 g/mol. The number of pyridine rings is 1. The summed E-state index contributed by atoms with van der Waals surface area (Å²) in [6.45, 7) is 15.2. The van der Waals surface area contributed by atoms with Gasteiger partial charge >= 0.3 is 0 Å². The van der Waals surface area contributed by atoms with E-state index in [1.54, 1.807) is 0 Å². The van der Waals surface area contributed by atoms with Crippen LogP contribution in [-0.4, -0.2) is 25.8 Å². The van der Waals surface area contributed by atoms with Gasteiger partial charge in [-0.2, -0.15) is 0 Å². The number of anilines is 4. The highest BCUT2D eigenvalue weighted by Crippen LogP contribution is 2.52. The third-order valence-electron chi connectivity index (χ3n) is 14.1. The summed E-state index contributed by atoms with van der Waals surface area (Å²) in [5, 5.41) is 2.34. The van der Waals surface area contributed by atoms with Crippen LogP contribution in [0.4, 0.5) is 22.7 Å². The van der Waals surface area contributed by atoms with Crippen molar-refractivity contribution in [3.05, 3.63) is 187 Å². The van der Waals surface area contributed by atoms with E-state index in [0.29, 0.717) is 6.67 Å². The summed E-state index contributed by atoms with van der Waals surface area (Å²) in [6, 6.07) is 59.4. The first kappa shape index (κ1) is 41.8. The molecular formula is C61H56N6O. The molecule has 5 heterocycles. The Labute approximate surface area is 398 Å². The second kappa shape index (κ2) is 16.0. The minimum Gasteiger partial charge on any atom is -0.457 e. The lowest BCUT2D eigenvalue weighted by Crippen LogP contribution is -2.25. The fourth-order valence-electron chi connectivity index (χ4n) is 10.5. The fraction of sp³-hybridized carbons (Fsp3) is 0.213. The van der Waals surface area contributed by atoms with Crippen LogP contribution in [-0.2, 0) is 23.8 Å². The minimum absolute atomic E-state index is 0.0209. The number of ether oxygens (including phenoxy) is 1. The van der Waals surface area contributed by atoms with Crippen LogP contribution in [0.3, 0.4) is 0 Å². The second-order valence-corrected chi connectivity index (χ2v) is 20.6. The van der Waals surface area contributed by atoms with Crippen molar-refractivity contribution in [1.82, 2.24) is 19.1 Å². The molecule has 0 bridgehead atoms. The van der Waals surface area contributed by atoms with Crippen LogP contribution in [0.5, 0.6) is 11.5 Å². The highest BCUT2D eigenvalue weighted by molar-refractivity contribution is 6.09. The van der Waals surface area contributed by atoms with Crippen LogP contribution < -0.4 is 14.5 Å². The minimum atomic E-state index is -0.163. The SMILES string of the molecule is CC(C)(C)c1cc(Oc2ccc3c4ccccc4n(-c4cc(C(C)(C)C)ccn4)c3c2)cc(N2CN(c3c(-c4ccccc4)cccc3-c3ccccc3)c3cc4c(cc32)nc2n4CCCC2)c1. The maximum absolute atomic E-state index is 7.08. The summed E-state index contributed by atoms with van der Waals surface area (Å²) in [6.07, 6.45) is 5.27. The van der Waals surface area contributed by atoms with Gasteiger partial charge in [0.2, 0.25) is 0 Å². The molecule has 0 saturated carbocycles. The number of aromatic nitrogens is 4. The quantitative estimate of drug-likeness (QED) is 0.160. The predicted molar refractivity (Wildman–Crippen MR) is 282 cm³/mol. The fourth-order valence-corrected chi connectivity index (χ4v) is 10.5. The van der Waals surface area contributed by atoms with Gasteiger partial charge in [-0.05, 0) is 101 Å². The van der Waals surface area contributed by atoms with Crippen LogP contribution in [0.1, 0.15) is 71.3 Å². The number of nitrogens with zero attached hydrogens (tertiary/aromatic N) is 6. The van der Waals surface area contributed by atoms with Gasteiger partial charge in [0.15, 0.2) is 0 Å². The highest BCUT2D eigenvalue weighted by Gasteiger charge is 2.34. The van der Waals surface area contributed by atoms with Crippen LogP contribution in [0.15, 0.2) is 170 Å². The van der Waals surface area contributed by atoms with E-state index in [4.69, 9.17) is 14.7 Å². The Morgan fingerprint density at radius 2 is 1.22 bits per heavy atom. The molecule has 68 heavy (non-hydrogen) atoms. The van der Waals surface area contributed by atoms with Crippen molar-refractivity contribution in [3.63, 3.8) is 0 Å². The third-order valence-corrected chi connectivity index (χ3v) is 14.1. The van der Waals surface area contributed by atoms with Gasteiger partial charge in [-0.15, -0.1) is 0 Å². The summed E-state index contributed by atoms with van der Waals surface area (Å²) in [7, 11) is 0. The molecule has 7 aromatic carbocycles. The largest absolute Gasteiger partial charge is 0.457 e. The number of rotatable bonds is 7. The molecule has 0 fully saturated rings. The molecule has 7 heteroatoms. The lowest BCUT2D eigenvalue weighted by molar-refractivity contribution is 0.479. The molecule has 0 saturated heterocycles. The van der Waals surface area contributed by atoms with E-state index < -0.39 is 0 Å². The van der Waals surface area contributed by atoms with E-state index in [1.165, 1.54) is 68.6 Å². The summed E-state index contributed by atoms with van der Waals surface area (Å²) in [4.78, 5) is 15.2. The van der Waals surface area contributed by atoms with Gasteiger partial charge in [-0.3, -0.25) is 4.57 Å². The zero-order chi connectivity index (χ0) is 46.3. The van der Waals surface area contributed by atoms with Crippen molar-refractivity contribution in [2.45, 2.75) is 78.2 Å². The highest BCUT2D eigenvalue weighted by atomic mass is 16.5. The summed E-state index contributed by atoms with van der Waals surface area (Å²) >= 11 is 0. The lowest BCUT2D eigenvalue weighted by atomic mass is 9.86. The van der Waals surface area contributed by atoms with E-state index >= 15 is 0 Å². The van der Waals surface area contributed by atoms with E-state index in [-0.39, 0.29) is 10.8 Å². The number of hydrogen-bond donors (Lipinski definition) is 0. The third kappa shape index (κ3) is 7.20. The zero-order valence-electron chi connectivity index (χ0n) is 39.8. The van der Waals surface area contributed by atoms with Crippen molar-refractivity contribution in [2.24, 2.45) is 0 Å². The topological polar surface area (TPSA) is 51.4 Å². The molecular weight excluding hydrogens is 833 g/mol. The van der Waals surface area contributed by atoms with Gasteiger partial charge in [0.25, 0.3) is 0 Å². The molecule has 0 atom stereocenters. The van der Waals surface area contributed by atoms with E-state index in [9.17, 15) is 0 Å². The molecule has 0 radical (unpaired) electrons. The molecule has 0 amide bonds. The van der Waals surface area contributed by atoms with Gasteiger partial charge in [0.05, 0.1) is 39.1 Å². The Hall–Kier alpha value is -7.64. The first-order valence-corrected chi connectivity index (χ1v) is 24.1. The maximum atomic E-state index is 7.08. The van der Waals surface area contributed by atoms with E-state index in [2.05, 4.69) is 224 Å². The van der Waals surface area contributed by atoms with Crippen LogP contribution in [0, 0.1) is 0 Å². The van der Waals surface area contributed by atoms with Gasteiger partial charge in [0, 0.05) is 58.9 Å². The van der Waals surface area contributed by atoms with E-state index in [1.807, 2.05) is 6.20 Å². The van der Waals surface area contributed by atoms with Crippen molar-refractivity contribution < 1.29 is 4.74 Å². The van der Waals surface area contributed by atoms with Crippen molar-refractivity contribution in [2.75, 3.05) is 16.5 Å². The molecule has 0 N–H and O–H groups in total. The maximum Gasteiger partial charge on any atom is 0.137 e. The number of hydrogen-bond acceptors (Lipinski definition) is 5. The normalized spacial score (nSPS) is 14.0. The molecule has 7 nitrogen and oxygen atoms in total. The number of imidazole rings is 1. The lowest BCUT2D eigenvalue weighted by Gasteiger charge is -2.28. The number of aryl methyl sites for hydroxylation is 2. The molecule has 0 aliphatic carbocycles. The van der Waals surface area contributed by atoms with Gasteiger partial charge in [0.1, 0.15) is 29.8 Å². The Morgan fingerprint density at radius 3 is 1.96 bits per heavy atom. The van der Waals surface area contributed by atoms with Crippen LogP contribution in [0.2, 0.25) is 0 Å². The first-order chi connectivity index (χ1) is 33.0. The standard InChI is InChI=1S/C61H56N6O/c1-60(2,3)42-29-30-62-58(34-42)67-52-25-14-13-22-49(52)50-28-27-45(36-53(50)67)68-46-33-43(61(4,5)6)32-44(35-46)65-39-66(56-38-54-51(37-55(56)65)63-57-26-15-16-31-64(54)57)59-47(40-18-9-7-10-19-40)23-17-24-48(59)41-20-11-8-12-21-41/h7-14,17-25,27-30,32-38H,15-16,26,31,39H2,1-6H3. The van der Waals surface area contributed by atoms with Gasteiger partial charge in [-0.25, -0.2) is 9.97 Å². The number of fused-ring (bicyclic) bond motifs is 7. The molecule has 2 aliphatic heterocycles. The van der Waals surface area contributed by atoms with Crippen LogP contribution in [0.25, 0.3) is 60.9 Å². The zero-order valence-corrected chi connectivity index (χ0v) is 39.8. The summed E-state index contributed by atoms with van der Waals surface area (Å²) in [5.41, 5.74) is 15.9. The summed E-state index contributed by atoms with van der Waals surface area (Å²) < 4.78 is 11.8. The Balaban J connectivity index is 1.02. The van der Waals surface area contributed by atoms with Crippen molar-refractivity contribution in [1.29, 1.82) is 0 Å². The molecule has 3 aromatic heterocycles. The molecule has 10 aromatic rings.